The summed E-state index contributed by atoms with van der Waals surface area (Å²) in [6.45, 7) is 5.86. The van der Waals surface area contributed by atoms with Crippen LogP contribution in [0.3, 0.4) is 0 Å². The van der Waals surface area contributed by atoms with Crippen LogP contribution in [-0.2, 0) is 24.7 Å². The Labute approximate surface area is 230 Å². The van der Waals surface area contributed by atoms with Crippen LogP contribution in [0.5, 0.6) is 0 Å². The molecule has 10 heteroatoms. The molecule has 0 bridgehead atoms. The number of unbranched alkanes of at least 4 members (excludes halogenated alkanes) is 1. The average molecular weight is 555 g/mol. The number of nitrogens with one attached hydrogen (secondary N) is 1. The van der Waals surface area contributed by atoms with E-state index in [-0.39, 0.29) is 42.3 Å². The van der Waals surface area contributed by atoms with Crippen molar-refractivity contribution < 1.29 is 33.8 Å². The van der Waals surface area contributed by atoms with E-state index in [2.05, 4.69) is 5.32 Å². The normalized spacial score (nSPS) is 24.2. The van der Waals surface area contributed by atoms with Gasteiger partial charge in [0, 0.05) is 47.8 Å². The molecule has 2 aliphatic heterocycles. The number of fused-ring (bicyclic) bond motifs is 2. The molecule has 2 aromatic rings. The minimum atomic E-state index is -2.81. The Bertz CT molecular complexity index is 1220. The van der Waals surface area contributed by atoms with E-state index in [1.54, 1.807) is 41.3 Å². The minimum absolute atomic E-state index is 0.125. The standard InChI is InChI=1S/C29H38N2O7Si/c1-19-26(39(3,4)36)24(15-17-32)38-29(19)22-18-21(30-27(34)20-10-6-5-7-11-20)13-14-23(22)31(28(29)35)16-9-8-12-25(33)37-2/h5-7,10-11,13-14,18-19,24,26,32,36H,8-9,12,15-17H2,1-4H3,(H,30,34)/t19-,24+,26-,29+/m1/s1. The van der Waals surface area contributed by atoms with Gasteiger partial charge in [0.15, 0.2) is 13.9 Å². The zero-order valence-electron chi connectivity index (χ0n) is 23.0. The molecule has 1 fully saturated rings. The first-order valence-corrected chi connectivity index (χ1v) is 16.5. The molecule has 1 spiro atoms. The van der Waals surface area contributed by atoms with Crippen LogP contribution in [-0.4, -0.2) is 62.4 Å². The molecule has 2 aromatic carbocycles. The number of methoxy groups -OCH3 is 1. The molecule has 0 unspecified atom stereocenters. The number of hydrogen-bond acceptors (Lipinski definition) is 7. The fourth-order valence-electron chi connectivity index (χ4n) is 6.21. The summed E-state index contributed by atoms with van der Waals surface area (Å²) >= 11 is 0. The summed E-state index contributed by atoms with van der Waals surface area (Å²) < 4.78 is 11.3. The van der Waals surface area contributed by atoms with Gasteiger partial charge in [-0.15, -0.1) is 0 Å². The van der Waals surface area contributed by atoms with E-state index in [0.717, 1.165) is 0 Å². The van der Waals surface area contributed by atoms with Crippen molar-refractivity contribution in [2.75, 3.05) is 30.5 Å². The Hall–Kier alpha value is -3.05. The number of ether oxygens (including phenoxy) is 2. The van der Waals surface area contributed by atoms with Crippen LogP contribution in [0, 0.1) is 5.92 Å². The predicted molar refractivity (Wildman–Crippen MR) is 150 cm³/mol. The largest absolute Gasteiger partial charge is 0.469 e. The second-order valence-corrected chi connectivity index (χ2v) is 14.9. The highest BCUT2D eigenvalue weighted by Crippen LogP contribution is 2.59. The van der Waals surface area contributed by atoms with E-state index in [1.165, 1.54) is 7.11 Å². The number of nitrogens with zero attached hydrogens (tertiary/aromatic N) is 1. The van der Waals surface area contributed by atoms with Gasteiger partial charge in [0.05, 0.1) is 18.9 Å². The second-order valence-electron chi connectivity index (χ2n) is 10.9. The van der Waals surface area contributed by atoms with Crippen LogP contribution in [0.15, 0.2) is 48.5 Å². The molecule has 0 aliphatic carbocycles. The summed E-state index contributed by atoms with van der Waals surface area (Å²) in [7, 11) is -1.46. The van der Waals surface area contributed by atoms with Crippen LogP contribution in [0.2, 0.25) is 18.6 Å². The Morgan fingerprint density at radius 2 is 1.87 bits per heavy atom. The average Bonchev–Trinajstić information content (AvgIpc) is 3.33. The lowest BCUT2D eigenvalue weighted by Crippen LogP contribution is -2.46. The van der Waals surface area contributed by atoms with Gasteiger partial charge >= 0.3 is 5.97 Å². The summed E-state index contributed by atoms with van der Waals surface area (Å²) in [4.78, 5) is 51.6. The van der Waals surface area contributed by atoms with Crippen molar-refractivity contribution in [1.82, 2.24) is 0 Å². The van der Waals surface area contributed by atoms with Gasteiger partial charge in [0.1, 0.15) is 0 Å². The summed E-state index contributed by atoms with van der Waals surface area (Å²) in [6, 6.07) is 14.2. The number of aliphatic hydroxyl groups is 1. The highest BCUT2D eigenvalue weighted by Gasteiger charge is 2.66. The molecule has 0 aromatic heterocycles. The Morgan fingerprint density at radius 3 is 2.51 bits per heavy atom. The summed E-state index contributed by atoms with van der Waals surface area (Å²) in [6.07, 6.45) is 1.22. The Morgan fingerprint density at radius 1 is 1.15 bits per heavy atom. The van der Waals surface area contributed by atoms with Crippen molar-refractivity contribution in [3.05, 3.63) is 59.7 Å². The van der Waals surface area contributed by atoms with Gasteiger partial charge < -0.3 is 29.6 Å². The van der Waals surface area contributed by atoms with Crippen molar-refractivity contribution in [3.63, 3.8) is 0 Å². The summed E-state index contributed by atoms with van der Waals surface area (Å²) in [5, 5.41) is 12.7. The lowest BCUT2D eigenvalue weighted by molar-refractivity contribution is -0.146. The van der Waals surface area contributed by atoms with Gasteiger partial charge in [-0.1, -0.05) is 25.1 Å². The SMILES string of the molecule is COC(=O)CCCCN1C(=O)[C@@]2(O[C@@H](CCO)[C@H]([Si](C)(C)O)[C@H]2C)c2cc(NC(=O)c3ccccc3)ccc21. The van der Waals surface area contributed by atoms with Gasteiger partial charge in [0.25, 0.3) is 11.8 Å². The van der Waals surface area contributed by atoms with E-state index >= 15 is 0 Å². The topological polar surface area (TPSA) is 125 Å². The number of esters is 1. The minimum Gasteiger partial charge on any atom is -0.469 e. The number of hydrogen-bond donors (Lipinski definition) is 3. The fourth-order valence-corrected chi connectivity index (χ4v) is 8.81. The number of carbonyl (C=O) groups excluding carboxylic acids is 3. The molecule has 4 rings (SSSR count). The van der Waals surface area contributed by atoms with Crippen molar-refractivity contribution in [1.29, 1.82) is 0 Å². The molecule has 2 amide bonds. The molecular formula is C29H38N2O7Si. The molecule has 210 valence electrons. The molecule has 0 radical (unpaired) electrons. The van der Waals surface area contributed by atoms with E-state index in [1.807, 2.05) is 32.2 Å². The third-order valence-corrected chi connectivity index (χ3v) is 10.4. The molecule has 2 aliphatic rings. The van der Waals surface area contributed by atoms with Gasteiger partial charge in [0.2, 0.25) is 0 Å². The van der Waals surface area contributed by atoms with Gasteiger partial charge in [-0.25, -0.2) is 0 Å². The monoisotopic (exact) mass is 554 g/mol. The van der Waals surface area contributed by atoms with Crippen LogP contribution < -0.4 is 10.2 Å². The quantitative estimate of drug-likeness (QED) is 0.232. The van der Waals surface area contributed by atoms with Crippen LogP contribution >= 0.6 is 0 Å². The van der Waals surface area contributed by atoms with E-state index in [9.17, 15) is 24.3 Å². The number of benzene rings is 2. The van der Waals surface area contributed by atoms with Crippen molar-refractivity contribution in [2.45, 2.75) is 62.9 Å². The van der Waals surface area contributed by atoms with Crippen LogP contribution in [0.4, 0.5) is 11.4 Å². The zero-order valence-corrected chi connectivity index (χ0v) is 24.0. The highest BCUT2D eigenvalue weighted by atomic mass is 28.4. The third-order valence-electron chi connectivity index (χ3n) is 7.93. The van der Waals surface area contributed by atoms with Crippen LogP contribution in [0.1, 0.15) is 48.5 Å². The van der Waals surface area contributed by atoms with Crippen molar-refractivity contribution in [2.24, 2.45) is 5.92 Å². The molecule has 0 saturated carbocycles. The number of aliphatic hydroxyl groups excluding tert-OH is 1. The molecule has 39 heavy (non-hydrogen) atoms. The smallest absolute Gasteiger partial charge is 0.305 e. The number of anilines is 2. The van der Waals surface area contributed by atoms with E-state index < -0.39 is 20.0 Å². The maximum atomic E-state index is 14.3. The van der Waals surface area contributed by atoms with Crippen molar-refractivity contribution >= 4 is 37.5 Å². The predicted octanol–water partition coefficient (Wildman–Crippen LogP) is 3.81. The van der Waals surface area contributed by atoms with E-state index in [0.29, 0.717) is 48.3 Å². The highest BCUT2D eigenvalue weighted by molar-refractivity contribution is 6.71. The Kier molecular flexibility index (Phi) is 8.60. The molecule has 3 N–H and O–H groups in total. The molecule has 1 saturated heterocycles. The molecular weight excluding hydrogens is 516 g/mol. The second kappa shape index (κ2) is 11.6. The van der Waals surface area contributed by atoms with Gasteiger partial charge in [-0.2, -0.15) is 0 Å². The van der Waals surface area contributed by atoms with Gasteiger partial charge in [-0.3, -0.25) is 14.4 Å². The lowest BCUT2D eigenvalue weighted by Gasteiger charge is -2.32. The van der Waals surface area contributed by atoms with Crippen molar-refractivity contribution in [3.8, 4) is 0 Å². The molecule has 4 atom stereocenters. The molecule has 9 nitrogen and oxygen atoms in total. The first kappa shape index (κ1) is 28.9. The maximum absolute atomic E-state index is 14.3. The number of rotatable bonds is 10. The lowest BCUT2D eigenvalue weighted by atomic mass is 9.82. The number of amides is 2. The Balaban J connectivity index is 1.72. The van der Waals surface area contributed by atoms with E-state index in [4.69, 9.17) is 9.47 Å². The summed E-state index contributed by atoms with van der Waals surface area (Å²) in [5.41, 5.74) is 0.718. The third kappa shape index (κ3) is 5.51. The first-order valence-electron chi connectivity index (χ1n) is 13.4. The molecule has 2 heterocycles. The van der Waals surface area contributed by atoms with Gasteiger partial charge in [-0.05, 0) is 62.7 Å². The maximum Gasteiger partial charge on any atom is 0.305 e. The van der Waals surface area contributed by atoms with Crippen LogP contribution in [0.25, 0.3) is 0 Å². The summed E-state index contributed by atoms with van der Waals surface area (Å²) in [5.74, 6) is -1.16. The number of carbonyl (C=O) groups is 3. The first-order chi connectivity index (χ1) is 18.5. The fraction of sp³-hybridized carbons (Fsp3) is 0.483. The zero-order chi connectivity index (χ0) is 28.4.